The fourth-order valence-electron chi connectivity index (χ4n) is 2.15. The van der Waals surface area contributed by atoms with Crippen LogP contribution in [0, 0.1) is 11.8 Å². The molecule has 1 aliphatic rings. The first-order valence-electron chi connectivity index (χ1n) is 5.92. The van der Waals surface area contributed by atoms with Gasteiger partial charge in [-0.05, 0) is 18.8 Å². The van der Waals surface area contributed by atoms with Gasteiger partial charge in [-0.3, -0.25) is 4.79 Å². The smallest absolute Gasteiger partial charge is 0.306 e. The first kappa shape index (κ1) is 15.4. The molecule has 8 heteroatoms. The van der Waals surface area contributed by atoms with Gasteiger partial charge in [0.25, 0.3) is 10.2 Å². The molecule has 0 amide bonds. The highest BCUT2D eigenvalue weighted by Crippen LogP contribution is 2.31. The first-order valence-corrected chi connectivity index (χ1v) is 7.40. The van der Waals surface area contributed by atoms with E-state index < -0.39 is 22.1 Å². The van der Waals surface area contributed by atoms with Crippen molar-refractivity contribution >= 4 is 16.2 Å². The van der Waals surface area contributed by atoms with Gasteiger partial charge >= 0.3 is 5.97 Å². The minimum absolute atomic E-state index is 0.124. The fraction of sp³-hybridized carbons (Fsp3) is 0.900. The number of rotatable bonds is 8. The minimum atomic E-state index is -3.56. The Morgan fingerprint density at radius 3 is 2.72 bits per heavy atom. The third kappa shape index (κ3) is 4.89. The van der Waals surface area contributed by atoms with Crippen LogP contribution in [0.3, 0.4) is 0 Å². The van der Waals surface area contributed by atoms with Crippen molar-refractivity contribution in [3.63, 3.8) is 0 Å². The summed E-state index contributed by atoms with van der Waals surface area (Å²) < 4.78 is 32.5. The summed E-state index contributed by atoms with van der Waals surface area (Å²) in [7, 11) is -2.08. The van der Waals surface area contributed by atoms with E-state index in [9.17, 15) is 13.2 Å². The van der Waals surface area contributed by atoms with E-state index in [2.05, 4.69) is 9.44 Å². The molecule has 3 N–H and O–H groups in total. The van der Waals surface area contributed by atoms with Crippen molar-refractivity contribution in [1.29, 1.82) is 0 Å². The maximum Gasteiger partial charge on any atom is 0.306 e. The van der Waals surface area contributed by atoms with Crippen molar-refractivity contribution in [2.45, 2.75) is 19.3 Å². The highest BCUT2D eigenvalue weighted by Gasteiger charge is 2.33. The SMILES string of the molecule is COCCNS(=O)(=O)NCC1CCCC1C(=O)O. The maximum absolute atomic E-state index is 11.5. The van der Waals surface area contributed by atoms with Crippen molar-refractivity contribution in [3.05, 3.63) is 0 Å². The zero-order valence-electron chi connectivity index (χ0n) is 10.4. The van der Waals surface area contributed by atoms with Crippen molar-refractivity contribution in [2.75, 3.05) is 26.8 Å². The molecule has 1 rings (SSSR count). The zero-order valence-corrected chi connectivity index (χ0v) is 11.2. The Morgan fingerprint density at radius 2 is 2.11 bits per heavy atom. The van der Waals surface area contributed by atoms with E-state index >= 15 is 0 Å². The molecule has 1 saturated carbocycles. The summed E-state index contributed by atoms with van der Waals surface area (Å²) in [6.07, 6.45) is 2.21. The molecular formula is C10H20N2O5S. The van der Waals surface area contributed by atoms with Crippen molar-refractivity contribution < 1.29 is 23.1 Å². The highest BCUT2D eigenvalue weighted by atomic mass is 32.2. The van der Waals surface area contributed by atoms with Gasteiger partial charge in [-0.1, -0.05) is 6.42 Å². The number of carboxylic acids is 1. The Kier molecular flexibility index (Phi) is 6.00. The van der Waals surface area contributed by atoms with Crippen LogP contribution in [-0.4, -0.2) is 46.3 Å². The van der Waals surface area contributed by atoms with Crippen molar-refractivity contribution in [2.24, 2.45) is 11.8 Å². The second kappa shape index (κ2) is 7.03. The number of carboxylic acid groups (broad SMARTS) is 1. The molecular weight excluding hydrogens is 260 g/mol. The summed E-state index contributed by atoms with van der Waals surface area (Å²) in [5.41, 5.74) is 0. The van der Waals surface area contributed by atoms with Gasteiger partial charge < -0.3 is 9.84 Å². The van der Waals surface area contributed by atoms with Crippen LogP contribution in [0.2, 0.25) is 0 Å². The maximum atomic E-state index is 11.5. The van der Waals surface area contributed by atoms with Crippen molar-refractivity contribution in [1.82, 2.24) is 9.44 Å². The first-order chi connectivity index (χ1) is 8.46. The summed E-state index contributed by atoms with van der Waals surface area (Å²) in [4.78, 5) is 10.9. The van der Waals surface area contributed by atoms with E-state index in [4.69, 9.17) is 9.84 Å². The minimum Gasteiger partial charge on any atom is -0.481 e. The van der Waals surface area contributed by atoms with Crippen molar-refractivity contribution in [3.8, 4) is 0 Å². The van der Waals surface area contributed by atoms with E-state index in [0.29, 0.717) is 13.0 Å². The van der Waals surface area contributed by atoms with Crippen LogP contribution < -0.4 is 9.44 Å². The van der Waals surface area contributed by atoms with Gasteiger partial charge in [-0.15, -0.1) is 0 Å². The average molecular weight is 280 g/mol. The topological polar surface area (TPSA) is 105 Å². The lowest BCUT2D eigenvalue weighted by Gasteiger charge is -2.16. The van der Waals surface area contributed by atoms with Gasteiger partial charge in [0.05, 0.1) is 12.5 Å². The van der Waals surface area contributed by atoms with Gasteiger partial charge in [0.15, 0.2) is 0 Å². The number of hydrogen-bond acceptors (Lipinski definition) is 4. The summed E-state index contributed by atoms with van der Waals surface area (Å²) >= 11 is 0. The lowest BCUT2D eigenvalue weighted by Crippen LogP contribution is -2.41. The van der Waals surface area contributed by atoms with E-state index in [0.717, 1.165) is 12.8 Å². The normalized spacial score (nSPS) is 24.3. The Morgan fingerprint density at radius 1 is 1.39 bits per heavy atom. The Hall–Kier alpha value is -0.700. The number of nitrogens with one attached hydrogen (secondary N) is 2. The molecule has 18 heavy (non-hydrogen) atoms. The van der Waals surface area contributed by atoms with Crippen LogP contribution in [0.25, 0.3) is 0 Å². The molecule has 1 fully saturated rings. The molecule has 2 unspecified atom stereocenters. The van der Waals surface area contributed by atoms with Gasteiger partial charge in [0, 0.05) is 20.2 Å². The predicted molar refractivity (Wildman–Crippen MR) is 65.3 cm³/mol. The fourth-order valence-corrected chi connectivity index (χ4v) is 3.04. The van der Waals surface area contributed by atoms with Gasteiger partial charge in [-0.25, -0.2) is 4.72 Å². The average Bonchev–Trinajstić information content (AvgIpc) is 2.75. The lowest BCUT2D eigenvalue weighted by molar-refractivity contribution is -0.142. The molecule has 2 atom stereocenters. The van der Waals surface area contributed by atoms with E-state index in [1.165, 1.54) is 7.11 Å². The van der Waals surface area contributed by atoms with Crippen LogP contribution in [-0.2, 0) is 19.7 Å². The number of aliphatic carboxylic acids is 1. The number of methoxy groups -OCH3 is 1. The van der Waals surface area contributed by atoms with E-state index in [1.807, 2.05) is 0 Å². The number of carbonyl (C=O) groups is 1. The molecule has 0 aromatic carbocycles. The van der Waals surface area contributed by atoms with Crippen LogP contribution >= 0.6 is 0 Å². The molecule has 0 aliphatic heterocycles. The molecule has 0 heterocycles. The van der Waals surface area contributed by atoms with Crippen LogP contribution in [0.4, 0.5) is 0 Å². The second-order valence-corrected chi connectivity index (χ2v) is 5.96. The number of ether oxygens (including phenoxy) is 1. The summed E-state index contributed by atoms with van der Waals surface area (Å²) in [6, 6.07) is 0. The molecule has 7 nitrogen and oxygen atoms in total. The van der Waals surface area contributed by atoms with Crippen LogP contribution in [0.15, 0.2) is 0 Å². The monoisotopic (exact) mass is 280 g/mol. The van der Waals surface area contributed by atoms with Crippen LogP contribution in [0.1, 0.15) is 19.3 Å². The highest BCUT2D eigenvalue weighted by molar-refractivity contribution is 7.87. The molecule has 0 saturated heterocycles. The molecule has 0 radical (unpaired) electrons. The molecule has 0 aromatic rings. The zero-order chi connectivity index (χ0) is 13.6. The molecule has 0 spiro atoms. The summed E-state index contributed by atoms with van der Waals surface area (Å²) in [6.45, 7) is 0.653. The summed E-state index contributed by atoms with van der Waals surface area (Å²) in [5.74, 6) is -1.41. The van der Waals surface area contributed by atoms with E-state index in [-0.39, 0.29) is 19.0 Å². The Labute approximate surface area is 107 Å². The Bertz CT molecular complexity index is 370. The lowest BCUT2D eigenvalue weighted by atomic mass is 9.97. The molecule has 0 bridgehead atoms. The molecule has 106 valence electrons. The van der Waals surface area contributed by atoms with Crippen LogP contribution in [0.5, 0.6) is 0 Å². The number of hydrogen-bond donors (Lipinski definition) is 3. The second-order valence-electron chi connectivity index (χ2n) is 4.37. The quantitative estimate of drug-likeness (QED) is 0.523. The van der Waals surface area contributed by atoms with E-state index in [1.54, 1.807) is 0 Å². The largest absolute Gasteiger partial charge is 0.481 e. The van der Waals surface area contributed by atoms with Gasteiger partial charge in [0.2, 0.25) is 0 Å². The van der Waals surface area contributed by atoms with Gasteiger partial charge in [-0.2, -0.15) is 13.1 Å². The standard InChI is InChI=1S/C10H20N2O5S/c1-17-6-5-11-18(15,16)12-7-8-3-2-4-9(8)10(13)14/h8-9,11-12H,2-7H2,1H3,(H,13,14). The van der Waals surface area contributed by atoms with Gasteiger partial charge in [0.1, 0.15) is 0 Å². The predicted octanol–water partition coefficient (Wildman–Crippen LogP) is -0.442. The molecule has 0 aromatic heterocycles. The molecule has 1 aliphatic carbocycles. The third-order valence-corrected chi connectivity index (χ3v) is 4.24. The third-order valence-electron chi connectivity index (χ3n) is 3.11. The Balaban J connectivity index is 2.37. The summed E-state index contributed by atoms with van der Waals surface area (Å²) in [5, 5.41) is 8.98.